The molecule has 1 aromatic carbocycles. The molecule has 2 atom stereocenters. The van der Waals surface area contributed by atoms with Gasteiger partial charge in [-0.1, -0.05) is 24.6 Å². The van der Waals surface area contributed by atoms with Gasteiger partial charge in [0, 0.05) is 30.4 Å². The summed E-state index contributed by atoms with van der Waals surface area (Å²) in [5.41, 5.74) is 8.14. The Morgan fingerprint density at radius 1 is 1.21 bits per heavy atom. The van der Waals surface area contributed by atoms with Gasteiger partial charge in [-0.25, -0.2) is 0 Å². The highest BCUT2D eigenvalue weighted by Gasteiger charge is 2.35. The first-order valence-corrected chi connectivity index (χ1v) is 7.52. The molecule has 2 aliphatic rings. The maximum absolute atomic E-state index is 6.00. The maximum Gasteiger partial charge on any atom is 0.0359 e. The van der Waals surface area contributed by atoms with Crippen LogP contribution >= 0.6 is 0 Å². The van der Waals surface area contributed by atoms with E-state index in [1.54, 1.807) is 0 Å². The second-order valence-electron chi connectivity index (χ2n) is 6.15. The van der Waals surface area contributed by atoms with E-state index >= 15 is 0 Å². The van der Waals surface area contributed by atoms with E-state index in [-0.39, 0.29) is 0 Å². The number of hydrogen-bond donors (Lipinski definition) is 2. The normalized spacial score (nSPS) is 31.3. The predicted octanol–water partition coefficient (Wildman–Crippen LogP) is 2.37. The van der Waals surface area contributed by atoms with E-state index in [2.05, 4.69) is 29.4 Å². The Bertz CT molecular complexity index is 418. The minimum absolute atomic E-state index is 0.658. The number of rotatable bonds is 3. The lowest BCUT2D eigenvalue weighted by molar-refractivity contribution is 0.0482. The number of nitrogen functional groups attached to an aromatic ring is 1. The second-order valence-corrected chi connectivity index (χ2v) is 6.15. The number of piperidine rings is 2. The van der Waals surface area contributed by atoms with Crippen molar-refractivity contribution in [2.24, 2.45) is 0 Å². The summed E-state index contributed by atoms with van der Waals surface area (Å²) in [6.07, 6.45) is 6.74. The molecular weight excluding hydrogens is 234 g/mol. The molecule has 2 unspecified atom stereocenters. The van der Waals surface area contributed by atoms with Crippen LogP contribution in [-0.2, 0) is 6.54 Å². The third-order valence-electron chi connectivity index (χ3n) is 4.98. The zero-order valence-electron chi connectivity index (χ0n) is 11.8. The standard InChI is InChI=1S/C16H25N3/c1-19-14-6-4-7-15(19)10-13(9-14)18-11-12-5-2-3-8-16(12)17/h2-3,5,8,13-15,18H,4,6-7,9-11,17H2,1H3. The quantitative estimate of drug-likeness (QED) is 0.819. The van der Waals surface area contributed by atoms with Crippen molar-refractivity contribution >= 4 is 5.69 Å². The van der Waals surface area contributed by atoms with Crippen molar-refractivity contribution in [3.63, 3.8) is 0 Å². The molecule has 19 heavy (non-hydrogen) atoms. The van der Waals surface area contributed by atoms with Crippen LogP contribution in [0, 0.1) is 0 Å². The van der Waals surface area contributed by atoms with Gasteiger partial charge < -0.3 is 16.0 Å². The van der Waals surface area contributed by atoms with Gasteiger partial charge >= 0.3 is 0 Å². The lowest BCUT2D eigenvalue weighted by Crippen LogP contribution is -2.54. The molecule has 0 saturated carbocycles. The average Bonchev–Trinajstić information content (AvgIpc) is 2.38. The lowest BCUT2D eigenvalue weighted by atomic mass is 9.82. The summed E-state index contributed by atoms with van der Waals surface area (Å²) in [5, 5.41) is 3.72. The van der Waals surface area contributed by atoms with Crippen molar-refractivity contribution in [3.05, 3.63) is 29.8 Å². The molecule has 0 radical (unpaired) electrons. The minimum Gasteiger partial charge on any atom is -0.398 e. The summed E-state index contributed by atoms with van der Waals surface area (Å²) in [6.45, 7) is 0.903. The fraction of sp³-hybridized carbons (Fsp3) is 0.625. The molecule has 0 aromatic heterocycles. The van der Waals surface area contributed by atoms with E-state index in [0.717, 1.165) is 24.3 Å². The Kier molecular flexibility index (Phi) is 3.76. The molecule has 3 nitrogen and oxygen atoms in total. The fourth-order valence-electron chi connectivity index (χ4n) is 3.73. The zero-order valence-corrected chi connectivity index (χ0v) is 11.8. The topological polar surface area (TPSA) is 41.3 Å². The molecule has 3 heteroatoms. The highest BCUT2D eigenvalue weighted by molar-refractivity contribution is 5.46. The van der Waals surface area contributed by atoms with Crippen molar-refractivity contribution in [1.82, 2.24) is 10.2 Å². The molecule has 2 saturated heterocycles. The Morgan fingerprint density at radius 2 is 1.89 bits per heavy atom. The third-order valence-corrected chi connectivity index (χ3v) is 4.98. The summed E-state index contributed by atoms with van der Waals surface area (Å²) >= 11 is 0. The van der Waals surface area contributed by atoms with Crippen molar-refractivity contribution in [2.45, 2.75) is 56.8 Å². The highest BCUT2D eigenvalue weighted by Crippen LogP contribution is 2.32. The predicted molar refractivity (Wildman–Crippen MR) is 79.9 cm³/mol. The van der Waals surface area contributed by atoms with Gasteiger partial charge in [0.2, 0.25) is 0 Å². The van der Waals surface area contributed by atoms with Crippen molar-refractivity contribution in [3.8, 4) is 0 Å². The molecule has 2 fully saturated rings. The van der Waals surface area contributed by atoms with Crippen LogP contribution in [0.3, 0.4) is 0 Å². The van der Waals surface area contributed by atoms with Crippen LogP contribution in [0.25, 0.3) is 0 Å². The average molecular weight is 259 g/mol. The van der Waals surface area contributed by atoms with E-state index < -0.39 is 0 Å². The Hall–Kier alpha value is -1.06. The molecule has 2 aliphatic heterocycles. The van der Waals surface area contributed by atoms with E-state index in [9.17, 15) is 0 Å². The van der Waals surface area contributed by atoms with Gasteiger partial charge in [-0.15, -0.1) is 0 Å². The van der Waals surface area contributed by atoms with Crippen LogP contribution in [0.15, 0.2) is 24.3 Å². The molecule has 2 bridgehead atoms. The second kappa shape index (κ2) is 5.51. The summed E-state index contributed by atoms with van der Waals surface area (Å²) < 4.78 is 0. The van der Waals surface area contributed by atoms with Crippen LogP contribution in [-0.4, -0.2) is 30.1 Å². The molecule has 0 amide bonds. The van der Waals surface area contributed by atoms with Gasteiger partial charge in [0.15, 0.2) is 0 Å². The van der Waals surface area contributed by atoms with Crippen molar-refractivity contribution in [1.29, 1.82) is 0 Å². The van der Waals surface area contributed by atoms with E-state index in [1.165, 1.54) is 37.7 Å². The SMILES string of the molecule is CN1C2CCCC1CC(NCc1ccccc1N)C2. The number of nitrogens with zero attached hydrogens (tertiary/aromatic N) is 1. The largest absolute Gasteiger partial charge is 0.398 e. The zero-order chi connectivity index (χ0) is 13.2. The van der Waals surface area contributed by atoms with Gasteiger partial charge in [-0.05, 0) is 44.4 Å². The summed E-state index contributed by atoms with van der Waals surface area (Å²) in [4.78, 5) is 2.61. The van der Waals surface area contributed by atoms with E-state index in [0.29, 0.717) is 6.04 Å². The highest BCUT2D eigenvalue weighted by atomic mass is 15.2. The number of anilines is 1. The fourth-order valence-corrected chi connectivity index (χ4v) is 3.73. The smallest absolute Gasteiger partial charge is 0.0359 e. The Morgan fingerprint density at radius 3 is 2.58 bits per heavy atom. The maximum atomic E-state index is 6.00. The first-order chi connectivity index (χ1) is 9.24. The Balaban J connectivity index is 1.58. The summed E-state index contributed by atoms with van der Waals surface area (Å²) in [5.74, 6) is 0. The summed E-state index contributed by atoms with van der Waals surface area (Å²) in [7, 11) is 2.31. The monoisotopic (exact) mass is 259 g/mol. The molecule has 2 heterocycles. The van der Waals surface area contributed by atoms with Gasteiger partial charge in [-0.2, -0.15) is 0 Å². The number of nitrogens with one attached hydrogen (secondary N) is 1. The first kappa shape index (κ1) is 12.9. The summed E-state index contributed by atoms with van der Waals surface area (Å²) in [6, 6.07) is 10.4. The van der Waals surface area contributed by atoms with Crippen LogP contribution < -0.4 is 11.1 Å². The molecule has 3 N–H and O–H groups in total. The van der Waals surface area contributed by atoms with Crippen LogP contribution in [0.4, 0.5) is 5.69 Å². The molecule has 0 aliphatic carbocycles. The molecule has 0 spiro atoms. The molecule has 3 rings (SSSR count). The van der Waals surface area contributed by atoms with Gasteiger partial charge in [0.05, 0.1) is 0 Å². The third kappa shape index (κ3) is 2.77. The Labute approximate surface area is 116 Å². The number of para-hydroxylation sites is 1. The van der Waals surface area contributed by atoms with E-state index in [4.69, 9.17) is 5.73 Å². The van der Waals surface area contributed by atoms with Gasteiger partial charge in [0.25, 0.3) is 0 Å². The van der Waals surface area contributed by atoms with Crippen molar-refractivity contribution < 1.29 is 0 Å². The number of nitrogens with two attached hydrogens (primary N) is 1. The number of benzene rings is 1. The lowest BCUT2D eigenvalue weighted by Gasteiger charge is -2.47. The number of hydrogen-bond acceptors (Lipinski definition) is 3. The molecular formula is C16H25N3. The van der Waals surface area contributed by atoms with Crippen LogP contribution in [0.5, 0.6) is 0 Å². The van der Waals surface area contributed by atoms with Crippen LogP contribution in [0.1, 0.15) is 37.7 Å². The molecule has 104 valence electrons. The minimum atomic E-state index is 0.658. The van der Waals surface area contributed by atoms with Crippen molar-refractivity contribution in [2.75, 3.05) is 12.8 Å². The van der Waals surface area contributed by atoms with Gasteiger partial charge in [-0.3, -0.25) is 0 Å². The van der Waals surface area contributed by atoms with Gasteiger partial charge in [0.1, 0.15) is 0 Å². The van der Waals surface area contributed by atoms with E-state index in [1.807, 2.05) is 12.1 Å². The molecule has 1 aromatic rings. The number of fused-ring (bicyclic) bond motifs is 2. The van der Waals surface area contributed by atoms with Crippen LogP contribution in [0.2, 0.25) is 0 Å². The first-order valence-electron chi connectivity index (χ1n) is 7.52.